The van der Waals surface area contributed by atoms with Gasteiger partial charge in [-0.05, 0) is 24.7 Å². The molecule has 2 rings (SSSR count). The van der Waals surface area contributed by atoms with Gasteiger partial charge in [-0.3, -0.25) is 9.48 Å². The van der Waals surface area contributed by atoms with E-state index in [9.17, 15) is 4.79 Å². The van der Waals surface area contributed by atoms with Crippen LogP contribution in [0.15, 0.2) is 42.7 Å². The molecule has 0 unspecified atom stereocenters. The number of carbonyl (C=O) groups is 1. The Bertz CT molecular complexity index is 551. The van der Waals surface area contributed by atoms with E-state index in [0.29, 0.717) is 13.1 Å². The molecule has 0 atom stereocenters. The summed E-state index contributed by atoms with van der Waals surface area (Å²) in [6.45, 7) is 2.07. The first kappa shape index (κ1) is 14.3. The molecule has 0 aliphatic carbocycles. The van der Waals surface area contributed by atoms with Crippen molar-refractivity contribution in [2.75, 3.05) is 27.2 Å². The molecule has 0 saturated heterocycles. The Morgan fingerprint density at radius 2 is 2.15 bits per heavy atom. The summed E-state index contributed by atoms with van der Waals surface area (Å²) in [6.07, 6.45) is 3.63. The first-order valence-corrected chi connectivity index (χ1v) is 6.67. The number of carbonyl (C=O) groups excluding carboxylic acids is 1. The maximum absolute atomic E-state index is 12.5. The normalized spacial score (nSPS) is 10.5. The van der Waals surface area contributed by atoms with E-state index < -0.39 is 0 Å². The molecule has 1 heterocycles. The Balaban J connectivity index is 2.16. The Morgan fingerprint density at radius 3 is 2.85 bits per heavy atom. The average Bonchev–Trinajstić information content (AvgIpc) is 2.97. The summed E-state index contributed by atoms with van der Waals surface area (Å²) in [6, 6.07) is 9.57. The van der Waals surface area contributed by atoms with Crippen molar-refractivity contribution in [3.63, 3.8) is 0 Å². The molecule has 2 aromatic rings. The number of benzene rings is 1. The molecule has 0 radical (unpaired) electrons. The summed E-state index contributed by atoms with van der Waals surface area (Å²) in [5, 5.41) is 7.24. The maximum Gasteiger partial charge on any atom is 0.253 e. The molecule has 106 valence electrons. The molecular formula is C15H20N4O. The summed E-state index contributed by atoms with van der Waals surface area (Å²) >= 11 is 0. The predicted octanol–water partition coefficient (Wildman–Crippen LogP) is 1.22. The highest BCUT2D eigenvalue weighted by molar-refractivity contribution is 5.95. The number of nitrogens with one attached hydrogen (secondary N) is 1. The van der Waals surface area contributed by atoms with E-state index in [2.05, 4.69) is 10.4 Å². The fourth-order valence-corrected chi connectivity index (χ4v) is 2.02. The molecule has 1 aromatic carbocycles. The second-order valence-corrected chi connectivity index (χ2v) is 4.69. The molecule has 1 amide bonds. The minimum Gasteiger partial charge on any atom is -0.340 e. The third-order valence-electron chi connectivity index (χ3n) is 3.18. The molecule has 1 N–H and O–H groups in total. The highest BCUT2D eigenvalue weighted by Gasteiger charge is 2.15. The van der Waals surface area contributed by atoms with Crippen molar-refractivity contribution in [2.45, 2.75) is 6.54 Å². The SMILES string of the molecule is CNCCN(C)C(=O)c1ccccc1Cn1cccn1. The number of hydrogen-bond acceptors (Lipinski definition) is 3. The zero-order valence-corrected chi connectivity index (χ0v) is 11.9. The highest BCUT2D eigenvalue weighted by Crippen LogP contribution is 2.12. The molecule has 0 fully saturated rings. The monoisotopic (exact) mass is 272 g/mol. The topological polar surface area (TPSA) is 50.2 Å². The lowest BCUT2D eigenvalue weighted by Gasteiger charge is -2.19. The number of amides is 1. The third-order valence-corrected chi connectivity index (χ3v) is 3.18. The van der Waals surface area contributed by atoms with Gasteiger partial charge in [0.2, 0.25) is 0 Å². The van der Waals surface area contributed by atoms with Gasteiger partial charge < -0.3 is 10.2 Å². The van der Waals surface area contributed by atoms with Crippen LogP contribution in [0.2, 0.25) is 0 Å². The van der Waals surface area contributed by atoms with E-state index in [1.54, 1.807) is 11.1 Å². The van der Waals surface area contributed by atoms with Gasteiger partial charge in [-0.15, -0.1) is 0 Å². The van der Waals surface area contributed by atoms with Crippen molar-refractivity contribution in [2.24, 2.45) is 0 Å². The number of likely N-dealkylation sites (N-methyl/N-ethyl adjacent to an activating group) is 2. The molecular weight excluding hydrogens is 252 g/mol. The number of aromatic nitrogens is 2. The lowest BCUT2D eigenvalue weighted by molar-refractivity contribution is 0.0795. The fraction of sp³-hybridized carbons (Fsp3) is 0.333. The molecule has 0 aliphatic rings. The molecule has 0 aliphatic heterocycles. The Hall–Kier alpha value is -2.14. The highest BCUT2D eigenvalue weighted by atomic mass is 16.2. The summed E-state index contributed by atoms with van der Waals surface area (Å²) in [7, 11) is 3.70. The summed E-state index contributed by atoms with van der Waals surface area (Å²) in [4.78, 5) is 14.2. The van der Waals surface area contributed by atoms with Crippen molar-refractivity contribution in [3.05, 3.63) is 53.9 Å². The number of hydrogen-bond donors (Lipinski definition) is 1. The fourth-order valence-electron chi connectivity index (χ4n) is 2.02. The second kappa shape index (κ2) is 6.86. The standard InChI is InChI=1S/C15H20N4O/c1-16-9-11-18(2)15(20)14-7-4-3-6-13(14)12-19-10-5-8-17-19/h3-8,10,16H,9,11-12H2,1-2H3. The lowest BCUT2D eigenvalue weighted by atomic mass is 10.1. The van der Waals surface area contributed by atoms with Crippen LogP contribution < -0.4 is 5.32 Å². The largest absolute Gasteiger partial charge is 0.340 e. The van der Waals surface area contributed by atoms with Crippen molar-refractivity contribution >= 4 is 5.91 Å². The van der Waals surface area contributed by atoms with Gasteiger partial charge in [-0.1, -0.05) is 18.2 Å². The van der Waals surface area contributed by atoms with Crippen LogP contribution in [-0.4, -0.2) is 47.8 Å². The summed E-state index contributed by atoms with van der Waals surface area (Å²) in [5.74, 6) is 0.0445. The van der Waals surface area contributed by atoms with Gasteiger partial charge in [0, 0.05) is 38.1 Å². The van der Waals surface area contributed by atoms with Crippen molar-refractivity contribution < 1.29 is 4.79 Å². The van der Waals surface area contributed by atoms with E-state index in [4.69, 9.17) is 0 Å². The molecule has 0 spiro atoms. The third kappa shape index (κ3) is 3.45. The van der Waals surface area contributed by atoms with E-state index in [0.717, 1.165) is 17.7 Å². The Labute approximate surface area is 119 Å². The van der Waals surface area contributed by atoms with Crippen LogP contribution in [0.3, 0.4) is 0 Å². The zero-order valence-electron chi connectivity index (χ0n) is 11.9. The van der Waals surface area contributed by atoms with Crippen LogP contribution in [-0.2, 0) is 6.54 Å². The minimum absolute atomic E-state index is 0.0445. The Morgan fingerprint density at radius 1 is 1.35 bits per heavy atom. The van der Waals surface area contributed by atoms with Gasteiger partial charge in [0.1, 0.15) is 0 Å². The molecule has 5 nitrogen and oxygen atoms in total. The van der Waals surface area contributed by atoms with Crippen LogP contribution in [0.1, 0.15) is 15.9 Å². The smallest absolute Gasteiger partial charge is 0.253 e. The van der Waals surface area contributed by atoms with Crippen LogP contribution in [0.25, 0.3) is 0 Å². The van der Waals surface area contributed by atoms with Crippen molar-refractivity contribution in [1.82, 2.24) is 20.0 Å². The van der Waals surface area contributed by atoms with Gasteiger partial charge >= 0.3 is 0 Å². The molecule has 0 bridgehead atoms. The van der Waals surface area contributed by atoms with Gasteiger partial charge in [0.25, 0.3) is 5.91 Å². The van der Waals surface area contributed by atoms with Crippen LogP contribution in [0.5, 0.6) is 0 Å². The minimum atomic E-state index is 0.0445. The zero-order chi connectivity index (χ0) is 14.4. The quantitative estimate of drug-likeness (QED) is 0.860. The Kier molecular flexibility index (Phi) is 4.90. The van der Waals surface area contributed by atoms with Crippen LogP contribution in [0.4, 0.5) is 0 Å². The molecule has 20 heavy (non-hydrogen) atoms. The van der Waals surface area contributed by atoms with Gasteiger partial charge in [0.05, 0.1) is 6.54 Å². The van der Waals surface area contributed by atoms with Gasteiger partial charge in [0.15, 0.2) is 0 Å². The van der Waals surface area contributed by atoms with E-state index >= 15 is 0 Å². The molecule has 5 heteroatoms. The first-order valence-electron chi connectivity index (χ1n) is 6.67. The van der Waals surface area contributed by atoms with Gasteiger partial charge in [-0.2, -0.15) is 5.10 Å². The molecule has 1 aromatic heterocycles. The number of nitrogens with zero attached hydrogens (tertiary/aromatic N) is 3. The van der Waals surface area contributed by atoms with E-state index in [1.807, 2.05) is 55.3 Å². The second-order valence-electron chi connectivity index (χ2n) is 4.69. The van der Waals surface area contributed by atoms with Crippen LogP contribution in [0, 0.1) is 0 Å². The van der Waals surface area contributed by atoms with Crippen molar-refractivity contribution in [3.8, 4) is 0 Å². The van der Waals surface area contributed by atoms with E-state index in [1.165, 1.54) is 0 Å². The summed E-state index contributed by atoms with van der Waals surface area (Å²) < 4.78 is 1.82. The maximum atomic E-state index is 12.5. The summed E-state index contributed by atoms with van der Waals surface area (Å²) in [5.41, 5.74) is 1.72. The van der Waals surface area contributed by atoms with Gasteiger partial charge in [-0.25, -0.2) is 0 Å². The molecule has 0 saturated carbocycles. The first-order chi connectivity index (χ1) is 9.72. The lowest BCUT2D eigenvalue weighted by Crippen LogP contribution is -2.33. The number of rotatable bonds is 6. The van der Waals surface area contributed by atoms with E-state index in [-0.39, 0.29) is 5.91 Å². The van der Waals surface area contributed by atoms with Crippen LogP contribution >= 0.6 is 0 Å². The average molecular weight is 272 g/mol. The predicted molar refractivity (Wildman–Crippen MR) is 78.7 cm³/mol. The van der Waals surface area contributed by atoms with Crippen molar-refractivity contribution in [1.29, 1.82) is 0 Å².